The average molecular weight is 380 g/mol. The fourth-order valence-corrected chi connectivity index (χ4v) is 4.09. The quantitative estimate of drug-likeness (QED) is 0.797. The van der Waals surface area contributed by atoms with Crippen molar-refractivity contribution < 1.29 is 9.53 Å². The predicted molar refractivity (Wildman–Crippen MR) is 107 cm³/mol. The molecule has 148 valence electrons. The Hall–Kier alpha value is -2.47. The first-order valence-corrected chi connectivity index (χ1v) is 10.1. The second-order valence-corrected chi connectivity index (χ2v) is 7.86. The molecule has 0 N–H and O–H groups in total. The summed E-state index contributed by atoms with van der Waals surface area (Å²) < 4.78 is 5.18. The van der Waals surface area contributed by atoms with Crippen LogP contribution in [0.3, 0.4) is 0 Å². The number of methoxy groups -OCH3 is 1. The predicted octanol–water partition coefficient (Wildman–Crippen LogP) is 2.42. The van der Waals surface area contributed by atoms with Crippen molar-refractivity contribution in [1.29, 1.82) is 0 Å². The van der Waals surface area contributed by atoms with Gasteiger partial charge in [0.25, 0.3) is 0 Å². The molecule has 4 rings (SSSR count). The number of carbonyl (C=O) groups excluding carboxylic acids is 1. The standard InChI is InChI=1S/C22H28N4O2/c1-25-11-9-17(14-25)22-23-13-18-15-26(12-10-20(18)24-22)21(27)8-5-16-3-6-19(28-2)7-4-16/h3-4,6-7,13,17H,5,8-12,14-15H2,1-2H3. The van der Waals surface area contributed by atoms with Crippen molar-refractivity contribution >= 4 is 5.91 Å². The summed E-state index contributed by atoms with van der Waals surface area (Å²) in [4.78, 5) is 26.4. The molecule has 2 aliphatic heterocycles. The van der Waals surface area contributed by atoms with Crippen LogP contribution in [-0.2, 0) is 24.2 Å². The molecule has 1 unspecified atom stereocenters. The van der Waals surface area contributed by atoms with E-state index in [0.29, 0.717) is 18.9 Å². The summed E-state index contributed by atoms with van der Waals surface area (Å²) in [5.74, 6) is 2.45. The van der Waals surface area contributed by atoms with E-state index in [1.54, 1.807) is 7.11 Å². The van der Waals surface area contributed by atoms with Gasteiger partial charge in [0, 0.05) is 50.2 Å². The highest BCUT2D eigenvalue weighted by Gasteiger charge is 2.26. The molecule has 1 saturated heterocycles. The molecule has 1 fully saturated rings. The third-order valence-corrected chi connectivity index (χ3v) is 5.85. The molecule has 6 nitrogen and oxygen atoms in total. The van der Waals surface area contributed by atoms with Crippen molar-refractivity contribution in [3.63, 3.8) is 0 Å². The van der Waals surface area contributed by atoms with E-state index in [-0.39, 0.29) is 5.91 Å². The second kappa shape index (κ2) is 8.27. The minimum Gasteiger partial charge on any atom is -0.497 e. The number of benzene rings is 1. The van der Waals surface area contributed by atoms with Gasteiger partial charge in [-0.1, -0.05) is 12.1 Å². The molecule has 1 atom stereocenters. The monoisotopic (exact) mass is 380 g/mol. The van der Waals surface area contributed by atoms with Crippen LogP contribution in [0, 0.1) is 0 Å². The number of likely N-dealkylation sites (N-methyl/N-ethyl adjacent to an activating group) is 1. The number of amides is 1. The maximum Gasteiger partial charge on any atom is 0.223 e. The fraction of sp³-hybridized carbons (Fsp3) is 0.500. The van der Waals surface area contributed by atoms with Crippen molar-refractivity contribution in [1.82, 2.24) is 19.8 Å². The SMILES string of the molecule is COc1ccc(CCC(=O)N2CCc3nc(C4CCN(C)C4)ncc3C2)cc1. The van der Waals surface area contributed by atoms with E-state index >= 15 is 0 Å². The topological polar surface area (TPSA) is 58.6 Å². The Labute approximate surface area is 166 Å². The number of aryl methyl sites for hydroxylation is 1. The van der Waals surface area contributed by atoms with Crippen molar-refractivity contribution in [2.45, 2.75) is 38.1 Å². The lowest BCUT2D eigenvalue weighted by Gasteiger charge is -2.28. The zero-order valence-corrected chi connectivity index (χ0v) is 16.7. The lowest BCUT2D eigenvalue weighted by atomic mass is 10.0. The molecule has 6 heteroatoms. The highest BCUT2D eigenvalue weighted by molar-refractivity contribution is 5.76. The summed E-state index contributed by atoms with van der Waals surface area (Å²) in [5.41, 5.74) is 3.37. The van der Waals surface area contributed by atoms with Gasteiger partial charge >= 0.3 is 0 Å². The van der Waals surface area contributed by atoms with E-state index < -0.39 is 0 Å². The molecule has 1 aromatic heterocycles. The third kappa shape index (κ3) is 4.17. The summed E-state index contributed by atoms with van der Waals surface area (Å²) in [6, 6.07) is 7.92. The molecule has 1 amide bonds. The maximum atomic E-state index is 12.7. The molecule has 0 bridgehead atoms. The molecule has 0 aliphatic carbocycles. The van der Waals surface area contributed by atoms with E-state index in [2.05, 4.69) is 16.9 Å². The fourth-order valence-electron chi connectivity index (χ4n) is 4.09. The van der Waals surface area contributed by atoms with Crippen LogP contribution >= 0.6 is 0 Å². The van der Waals surface area contributed by atoms with Gasteiger partial charge in [0.2, 0.25) is 5.91 Å². The summed E-state index contributed by atoms with van der Waals surface area (Å²) in [6.45, 7) is 3.52. The summed E-state index contributed by atoms with van der Waals surface area (Å²) in [5, 5.41) is 0. The zero-order valence-electron chi connectivity index (χ0n) is 16.7. The Morgan fingerprint density at radius 3 is 2.79 bits per heavy atom. The summed E-state index contributed by atoms with van der Waals surface area (Å²) >= 11 is 0. The summed E-state index contributed by atoms with van der Waals surface area (Å²) in [6.07, 6.45) is 5.16. The van der Waals surface area contributed by atoms with Gasteiger partial charge < -0.3 is 14.5 Å². The van der Waals surface area contributed by atoms with E-state index in [0.717, 1.165) is 67.3 Å². The zero-order chi connectivity index (χ0) is 19.5. The number of likely N-dealkylation sites (tertiary alicyclic amines) is 1. The Kier molecular flexibility index (Phi) is 5.57. The van der Waals surface area contributed by atoms with Gasteiger partial charge in [-0.3, -0.25) is 4.79 Å². The van der Waals surface area contributed by atoms with Gasteiger partial charge in [0.1, 0.15) is 11.6 Å². The number of carbonyl (C=O) groups is 1. The molecule has 0 saturated carbocycles. The van der Waals surface area contributed by atoms with E-state index in [1.165, 1.54) is 0 Å². The number of nitrogens with zero attached hydrogens (tertiary/aromatic N) is 4. The van der Waals surface area contributed by atoms with Crippen LogP contribution in [0.25, 0.3) is 0 Å². The number of ether oxygens (including phenoxy) is 1. The van der Waals surface area contributed by atoms with Crippen LogP contribution in [0.15, 0.2) is 30.5 Å². The average Bonchev–Trinajstić information content (AvgIpc) is 3.18. The van der Waals surface area contributed by atoms with Gasteiger partial charge in [0.05, 0.1) is 12.8 Å². The highest BCUT2D eigenvalue weighted by atomic mass is 16.5. The number of rotatable bonds is 5. The van der Waals surface area contributed by atoms with Crippen molar-refractivity contribution in [2.75, 3.05) is 33.8 Å². The largest absolute Gasteiger partial charge is 0.497 e. The molecular weight excluding hydrogens is 352 g/mol. The van der Waals surface area contributed by atoms with Crippen LogP contribution in [0.2, 0.25) is 0 Å². The molecule has 0 radical (unpaired) electrons. The van der Waals surface area contributed by atoms with Crippen molar-refractivity contribution in [3.8, 4) is 5.75 Å². The maximum absolute atomic E-state index is 12.7. The molecule has 3 heterocycles. The molecule has 0 spiro atoms. The van der Waals surface area contributed by atoms with Crippen LogP contribution < -0.4 is 4.74 Å². The normalized spacial score (nSPS) is 19.5. The van der Waals surface area contributed by atoms with Crippen LogP contribution in [0.5, 0.6) is 5.75 Å². The van der Waals surface area contributed by atoms with Crippen LogP contribution in [0.4, 0.5) is 0 Å². The van der Waals surface area contributed by atoms with Crippen molar-refractivity contribution in [3.05, 3.63) is 53.1 Å². The first kappa shape index (κ1) is 18.9. The minimum atomic E-state index is 0.197. The van der Waals surface area contributed by atoms with Crippen molar-refractivity contribution in [2.24, 2.45) is 0 Å². The van der Waals surface area contributed by atoms with Gasteiger partial charge in [-0.25, -0.2) is 9.97 Å². The molecular formula is C22H28N4O2. The van der Waals surface area contributed by atoms with Crippen LogP contribution in [0.1, 0.15) is 41.4 Å². The lowest BCUT2D eigenvalue weighted by molar-refractivity contribution is -0.132. The first-order valence-electron chi connectivity index (χ1n) is 10.1. The van der Waals surface area contributed by atoms with Gasteiger partial charge in [-0.15, -0.1) is 0 Å². The van der Waals surface area contributed by atoms with Crippen LogP contribution in [-0.4, -0.2) is 59.5 Å². The van der Waals surface area contributed by atoms with Gasteiger partial charge in [-0.2, -0.15) is 0 Å². The van der Waals surface area contributed by atoms with Gasteiger partial charge in [-0.05, 0) is 44.1 Å². The Bertz CT molecular complexity index is 837. The van der Waals surface area contributed by atoms with Gasteiger partial charge in [0.15, 0.2) is 0 Å². The Morgan fingerprint density at radius 1 is 1.25 bits per heavy atom. The lowest BCUT2D eigenvalue weighted by Crippen LogP contribution is -2.36. The molecule has 1 aromatic carbocycles. The molecule has 2 aromatic rings. The first-order chi connectivity index (χ1) is 13.6. The highest BCUT2D eigenvalue weighted by Crippen LogP contribution is 2.25. The van der Waals surface area contributed by atoms with E-state index in [9.17, 15) is 4.79 Å². The smallest absolute Gasteiger partial charge is 0.223 e. The molecule has 2 aliphatic rings. The number of hydrogen-bond donors (Lipinski definition) is 0. The Morgan fingerprint density at radius 2 is 2.07 bits per heavy atom. The summed E-state index contributed by atoms with van der Waals surface area (Å²) in [7, 11) is 3.80. The number of aromatic nitrogens is 2. The van der Waals surface area contributed by atoms with E-state index in [4.69, 9.17) is 9.72 Å². The third-order valence-electron chi connectivity index (χ3n) is 5.85. The van der Waals surface area contributed by atoms with E-state index in [1.807, 2.05) is 35.4 Å². The number of hydrogen-bond acceptors (Lipinski definition) is 5. The number of fused-ring (bicyclic) bond motifs is 1. The molecule has 28 heavy (non-hydrogen) atoms. The Balaban J connectivity index is 1.34. The minimum absolute atomic E-state index is 0.197. The second-order valence-electron chi connectivity index (χ2n) is 7.86.